The molecule has 0 spiro atoms. The summed E-state index contributed by atoms with van der Waals surface area (Å²) in [5.41, 5.74) is 0. The second-order valence-corrected chi connectivity index (χ2v) is 1.74. The minimum atomic E-state index is -1.24. The Morgan fingerprint density at radius 1 is 1.56 bits per heavy atom. The van der Waals surface area contributed by atoms with Crippen LogP contribution in [0.4, 0.5) is 8.92 Å². The molecule has 0 rings (SSSR count). The molecule has 0 heterocycles. The largest absolute Gasteiger partial charge is 0.393 e. The Labute approximate surface area is 52.3 Å². The van der Waals surface area contributed by atoms with Crippen LogP contribution in [0.15, 0.2) is 0 Å². The number of halogens is 2. The van der Waals surface area contributed by atoms with Crippen molar-refractivity contribution in [3.8, 4) is 0 Å². The first-order valence-electron chi connectivity index (χ1n) is 2.79. The number of aliphatic hydroxyl groups is 1. The Kier molecular flexibility index (Phi) is 5.76. The highest BCUT2D eigenvalue weighted by Gasteiger charge is 2.02. The van der Waals surface area contributed by atoms with E-state index in [1.165, 1.54) is 0 Å². The van der Waals surface area contributed by atoms with E-state index < -0.39 is 12.8 Å². The Balaban J connectivity index is 2.88. The number of rotatable bonds is 5. The van der Waals surface area contributed by atoms with E-state index in [0.29, 0.717) is 6.42 Å². The van der Waals surface area contributed by atoms with Gasteiger partial charge in [0.25, 0.3) is 0 Å². The number of alkyl halides is 1. The van der Waals surface area contributed by atoms with Crippen LogP contribution in [0.5, 0.6) is 0 Å². The second-order valence-electron chi connectivity index (χ2n) is 1.74. The van der Waals surface area contributed by atoms with Crippen molar-refractivity contribution >= 4 is 0 Å². The third kappa shape index (κ3) is 5.65. The van der Waals surface area contributed by atoms with E-state index in [-0.39, 0.29) is 13.0 Å². The summed E-state index contributed by atoms with van der Waals surface area (Å²) in [6.45, 7) is -0.591. The second kappa shape index (κ2) is 5.91. The van der Waals surface area contributed by atoms with Gasteiger partial charge in [-0.25, -0.2) is 4.39 Å². The first-order valence-corrected chi connectivity index (χ1v) is 2.79. The van der Waals surface area contributed by atoms with Gasteiger partial charge in [0.2, 0.25) is 0 Å². The van der Waals surface area contributed by atoms with Gasteiger partial charge in [0.1, 0.15) is 6.17 Å². The molecule has 0 saturated heterocycles. The summed E-state index contributed by atoms with van der Waals surface area (Å²) >= 11 is 0. The van der Waals surface area contributed by atoms with Crippen LogP contribution in [0.3, 0.4) is 0 Å². The fourth-order valence-electron chi connectivity index (χ4n) is 0.451. The van der Waals surface area contributed by atoms with Gasteiger partial charge in [0.05, 0.1) is 13.2 Å². The molecular formula is C5H10F2O2. The zero-order chi connectivity index (χ0) is 7.11. The topological polar surface area (TPSA) is 29.5 Å². The lowest BCUT2D eigenvalue weighted by molar-refractivity contribution is -0.133. The summed E-state index contributed by atoms with van der Waals surface area (Å²) in [5.74, 6) is 0. The normalized spacial score (nSPS) is 13.7. The fraction of sp³-hybridized carbons (Fsp3) is 1.00. The molecule has 0 bridgehead atoms. The summed E-state index contributed by atoms with van der Waals surface area (Å²) in [7, 11) is 0. The molecule has 1 unspecified atom stereocenters. The minimum absolute atomic E-state index is 0.0968. The average molecular weight is 140 g/mol. The number of aliphatic hydroxyl groups excluding tert-OH is 1. The van der Waals surface area contributed by atoms with Crippen molar-refractivity contribution in [3.63, 3.8) is 0 Å². The minimum Gasteiger partial charge on any atom is -0.393 e. The van der Waals surface area contributed by atoms with Crippen LogP contribution in [0.1, 0.15) is 12.8 Å². The Hall–Kier alpha value is -0.220. The maximum Gasteiger partial charge on any atom is 0.123 e. The zero-order valence-corrected chi connectivity index (χ0v) is 5.02. The van der Waals surface area contributed by atoms with Crippen LogP contribution >= 0.6 is 0 Å². The Morgan fingerprint density at radius 2 is 2.22 bits per heavy atom. The summed E-state index contributed by atoms with van der Waals surface area (Å²) in [6.07, 6.45) is -0.779. The molecule has 2 nitrogen and oxygen atoms in total. The summed E-state index contributed by atoms with van der Waals surface area (Å²) in [4.78, 5) is 3.19. The SMILES string of the molecule is OCC(F)CCCOF. The molecule has 0 aromatic carbocycles. The maximum absolute atomic E-state index is 12.0. The molecule has 56 valence electrons. The monoisotopic (exact) mass is 140 g/mol. The predicted molar refractivity (Wildman–Crippen MR) is 28.3 cm³/mol. The molecule has 1 N–H and O–H groups in total. The lowest BCUT2D eigenvalue weighted by Gasteiger charge is -2.00. The number of hydrogen-bond acceptors (Lipinski definition) is 2. The van der Waals surface area contributed by atoms with E-state index in [0.717, 1.165) is 0 Å². The Bertz CT molecular complexity index is 60.9. The lowest BCUT2D eigenvalue weighted by atomic mass is 10.2. The predicted octanol–water partition coefficient (Wildman–Crippen LogP) is 0.998. The van der Waals surface area contributed by atoms with Crippen LogP contribution in [-0.2, 0) is 4.94 Å². The van der Waals surface area contributed by atoms with Crippen LogP contribution < -0.4 is 0 Å². The van der Waals surface area contributed by atoms with Gasteiger partial charge in [-0.05, 0) is 17.4 Å². The van der Waals surface area contributed by atoms with Crippen molar-refractivity contribution in [2.75, 3.05) is 13.2 Å². The zero-order valence-electron chi connectivity index (χ0n) is 5.02. The van der Waals surface area contributed by atoms with Crippen molar-refractivity contribution in [3.05, 3.63) is 0 Å². The Morgan fingerprint density at radius 3 is 2.67 bits per heavy atom. The van der Waals surface area contributed by atoms with E-state index >= 15 is 0 Å². The molecule has 0 aliphatic rings. The van der Waals surface area contributed by atoms with Crippen molar-refractivity contribution in [2.45, 2.75) is 19.0 Å². The molecule has 9 heavy (non-hydrogen) atoms. The summed E-state index contributed by atoms with van der Waals surface area (Å²) < 4.78 is 22.9. The van der Waals surface area contributed by atoms with E-state index in [4.69, 9.17) is 5.11 Å². The van der Waals surface area contributed by atoms with Gasteiger partial charge in [0, 0.05) is 0 Å². The van der Waals surface area contributed by atoms with Crippen LogP contribution in [0.25, 0.3) is 0 Å². The van der Waals surface area contributed by atoms with Gasteiger partial charge < -0.3 is 5.11 Å². The molecule has 0 aromatic heterocycles. The first kappa shape index (κ1) is 8.78. The average Bonchev–Trinajstić information content (AvgIpc) is 1.89. The van der Waals surface area contributed by atoms with Crippen LogP contribution in [0, 0.1) is 0 Å². The molecule has 0 aliphatic heterocycles. The van der Waals surface area contributed by atoms with Crippen LogP contribution in [0.2, 0.25) is 0 Å². The molecule has 4 heteroatoms. The van der Waals surface area contributed by atoms with Crippen molar-refractivity contribution in [1.29, 1.82) is 0 Å². The molecule has 0 radical (unpaired) electrons. The standard InChI is InChI=1S/C5H10F2O2/c6-5(4-8)2-1-3-9-7/h5,8H,1-4H2. The van der Waals surface area contributed by atoms with Gasteiger partial charge in [-0.1, -0.05) is 0 Å². The smallest absolute Gasteiger partial charge is 0.123 e. The fourth-order valence-corrected chi connectivity index (χ4v) is 0.451. The molecule has 0 aromatic rings. The highest BCUT2D eigenvalue weighted by molar-refractivity contribution is 4.51. The van der Waals surface area contributed by atoms with E-state index in [2.05, 4.69) is 4.94 Å². The first-order chi connectivity index (χ1) is 4.31. The quantitative estimate of drug-likeness (QED) is 0.577. The summed E-state index contributed by atoms with van der Waals surface area (Å²) in [5, 5.41) is 8.12. The van der Waals surface area contributed by atoms with Gasteiger partial charge >= 0.3 is 0 Å². The van der Waals surface area contributed by atoms with Crippen molar-refractivity contribution in [1.82, 2.24) is 0 Å². The van der Waals surface area contributed by atoms with E-state index in [9.17, 15) is 8.92 Å². The van der Waals surface area contributed by atoms with Crippen LogP contribution in [-0.4, -0.2) is 24.5 Å². The molecule has 0 fully saturated rings. The summed E-state index contributed by atoms with van der Waals surface area (Å²) in [6, 6.07) is 0. The maximum atomic E-state index is 12.0. The highest BCUT2D eigenvalue weighted by atomic mass is 19.3. The van der Waals surface area contributed by atoms with Gasteiger partial charge in [-0.2, -0.15) is 4.94 Å². The van der Waals surface area contributed by atoms with Gasteiger partial charge in [-0.15, -0.1) is 0 Å². The van der Waals surface area contributed by atoms with Gasteiger partial charge in [0.15, 0.2) is 0 Å². The van der Waals surface area contributed by atoms with E-state index in [1.807, 2.05) is 0 Å². The number of hydrogen-bond donors (Lipinski definition) is 1. The molecule has 0 saturated carbocycles. The molecule has 0 amide bonds. The third-order valence-corrected chi connectivity index (χ3v) is 0.937. The van der Waals surface area contributed by atoms with Crippen molar-refractivity contribution in [2.24, 2.45) is 0 Å². The third-order valence-electron chi connectivity index (χ3n) is 0.937. The lowest BCUT2D eigenvalue weighted by Crippen LogP contribution is -2.06. The van der Waals surface area contributed by atoms with E-state index in [1.54, 1.807) is 0 Å². The molecule has 0 aliphatic carbocycles. The molecular weight excluding hydrogens is 130 g/mol. The molecule has 1 atom stereocenters. The van der Waals surface area contributed by atoms with Crippen molar-refractivity contribution < 1.29 is 19.0 Å². The van der Waals surface area contributed by atoms with Gasteiger partial charge in [-0.3, -0.25) is 0 Å². The highest BCUT2D eigenvalue weighted by Crippen LogP contribution is 2.00.